The first-order valence-electron chi connectivity index (χ1n) is 5.78. The van der Waals surface area contributed by atoms with Crippen molar-refractivity contribution in [3.8, 4) is 0 Å². The molecule has 0 bridgehead atoms. The van der Waals surface area contributed by atoms with Gasteiger partial charge in [-0.1, -0.05) is 30.3 Å². The molecule has 1 aromatic rings. The molecule has 3 nitrogen and oxygen atoms in total. The van der Waals surface area contributed by atoms with E-state index in [1.54, 1.807) is 0 Å². The predicted octanol–water partition coefficient (Wildman–Crippen LogP) is 1.70. The van der Waals surface area contributed by atoms with Gasteiger partial charge in [-0.25, -0.2) is 0 Å². The van der Waals surface area contributed by atoms with Gasteiger partial charge in [0.1, 0.15) is 5.88 Å². The van der Waals surface area contributed by atoms with Crippen LogP contribution in [0.1, 0.15) is 5.56 Å². The molecule has 0 spiro atoms. The Morgan fingerprint density at radius 3 is 2.88 bits per heavy atom. The summed E-state index contributed by atoms with van der Waals surface area (Å²) in [5.41, 5.74) is 1.22. The van der Waals surface area contributed by atoms with E-state index in [9.17, 15) is 4.79 Å². The molecule has 1 heterocycles. The number of nitrogens with zero attached hydrogens (tertiary/aromatic N) is 1. The predicted molar refractivity (Wildman–Crippen MR) is 67.2 cm³/mol. The molecule has 0 unspecified atom stereocenters. The van der Waals surface area contributed by atoms with Gasteiger partial charge in [0, 0.05) is 6.54 Å². The van der Waals surface area contributed by atoms with Gasteiger partial charge in [0.05, 0.1) is 19.3 Å². The Hall–Kier alpha value is -1.06. The van der Waals surface area contributed by atoms with Crippen LogP contribution in [0, 0.1) is 0 Å². The van der Waals surface area contributed by atoms with Gasteiger partial charge in [-0.05, 0) is 12.0 Å². The van der Waals surface area contributed by atoms with Gasteiger partial charge in [-0.15, -0.1) is 11.6 Å². The third kappa shape index (κ3) is 3.20. The van der Waals surface area contributed by atoms with E-state index in [0.717, 1.165) is 6.42 Å². The Morgan fingerprint density at radius 2 is 2.18 bits per heavy atom. The first kappa shape index (κ1) is 12.4. The SMILES string of the molecule is O=C(CCl)N1CCOC[C@@H]1Cc1ccccc1. The van der Waals surface area contributed by atoms with E-state index >= 15 is 0 Å². The molecule has 1 aromatic carbocycles. The van der Waals surface area contributed by atoms with Gasteiger partial charge < -0.3 is 9.64 Å². The highest BCUT2D eigenvalue weighted by Gasteiger charge is 2.26. The second-order valence-electron chi connectivity index (χ2n) is 4.14. The van der Waals surface area contributed by atoms with E-state index in [4.69, 9.17) is 16.3 Å². The van der Waals surface area contributed by atoms with Crippen LogP contribution in [-0.2, 0) is 16.0 Å². The smallest absolute Gasteiger partial charge is 0.237 e. The standard InChI is InChI=1S/C13H16ClNO2/c14-9-13(16)15-6-7-17-10-12(15)8-11-4-2-1-3-5-11/h1-5,12H,6-10H2/t12-/m0/s1. The number of amides is 1. The van der Waals surface area contributed by atoms with Crippen LogP contribution in [-0.4, -0.2) is 42.5 Å². The van der Waals surface area contributed by atoms with Crippen LogP contribution in [0.3, 0.4) is 0 Å². The number of morpholine rings is 1. The molecule has 0 N–H and O–H groups in total. The summed E-state index contributed by atoms with van der Waals surface area (Å²) < 4.78 is 5.44. The summed E-state index contributed by atoms with van der Waals surface area (Å²) in [6, 6.07) is 10.2. The fourth-order valence-electron chi connectivity index (χ4n) is 2.12. The first-order valence-corrected chi connectivity index (χ1v) is 6.32. The van der Waals surface area contributed by atoms with Gasteiger partial charge in [-0.3, -0.25) is 4.79 Å². The molecule has 0 aromatic heterocycles. The van der Waals surface area contributed by atoms with Crippen molar-refractivity contribution in [1.29, 1.82) is 0 Å². The molecule has 1 aliphatic rings. The summed E-state index contributed by atoms with van der Waals surface area (Å²) >= 11 is 5.62. The third-order valence-corrected chi connectivity index (χ3v) is 3.20. The number of rotatable bonds is 3. The minimum atomic E-state index is -0.00380. The molecule has 92 valence electrons. The summed E-state index contributed by atoms with van der Waals surface area (Å²) in [4.78, 5) is 13.5. The number of ether oxygens (including phenoxy) is 1. The molecule has 1 aliphatic heterocycles. The number of hydrogen-bond donors (Lipinski definition) is 0. The number of carbonyl (C=O) groups is 1. The average molecular weight is 254 g/mol. The monoisotopic (exact) mass is 253 g/mol. The van der Waals surface area contributed by atoms with Gasteiger partial charge in [0.2, 0.25) is 5.91 Å². The average Bonchev–Trinajstić information content (AvgIpc) is 2.40. The maximum Gasteiger partial charge on any atom is 0.237 e. The van der Waals surface area contributed by atoms with Crippen LogP contribution in [0.2, 0.25) is 0 Å². The van der Waals surface area contributed by atoms with Gasteiger partial charge >= 0.3 is 0 Å². The van der Waals surface area contributed by atoms with Crippen molar-refractivity contribution in [3.63, 3.8) is 0 Å². The highest BCUT2D eigenvalue weighted by atomic mass is 35.5. The topological polar surface area (TPSA) is 29.5 Å². The molecular formula is C13H16ClNO2. The maximum atomic E-state index is 11.7. The van der Waals surface area contributed by atoms with Crippen molar-refractivity contribution in [1.82, 2.24) is 4.90 Å². The zero-order valence-corrected chi connectivity index (χ0v) is 10.4. The molecule has 1 atom stereocenters. The summed E-state index contributed by atoms with van der Waals surface area (Å²) in [6.07, 6.45) is 0.823. The Labute approximate surface area is 106 Å². The fourth-order valence-corrected chi connectivity index (χ4v) is 2.27. The van der Waals surface area contributed by atoms with Crippen molar-refractivity contribution in [2.45, 2.75) is 12.5 Å². The maximum absolute atomic E-state index is 11.7. The quantitative estimate of drug-likeness (QED) is 0.768. The van der Waals surface area contributed by atoms with Crippen molar-refractivity contribution in [2.75, 3.05) is 25.6 Å². The number of alkyl halides is 1. The van der Waals surface area contributed by atoms with Crippen LogP contribution < -0.4 is 0 Å². The number of carbonyl (C=O) groups excluding carboxylic acids is 1. The minimum absolute atomic E-state index is 0.00380. The second kappa shape index (κ2) is 6.03. The Balaban J connectivity index is 2.04. The lowest BCUT2D eigenvalue weighted by atomic mass is 10.0. The molecule has 17 heavy (non-hydrogen) atoms. The van der Waals surface area contributed by atoms with E-state index in [0.29, 0.717) is 19.8 Å². The van der Waals surface area contributed by atoms with Gasteiger partial charge in [-0.2, -0.15) is 0 Å². The molecule has 4 heteroatoms. The van der Waals surface area contributed by atoms with Crippen molar-refractivity contribution < 1.29 is 9.53 Å². The lowest BCUT2D eigenvalue weighted by molar-refractivity contribution is -0.136. The zero-order chi connectivity index (χ0) is 12.1. The summed E-state index contributed by atoms with van der Waals surface area (Å²) in [5, 5.41) is 0. The normalized spacial score (nSPS) is 20.3. The lowest BCUT2D eigenvalue weighted by Crippen LogP contribution is -2.50. The van der Waals surface area contributed by atoms with Crippen LogP contribution >= 0.6 is 11.6 Å². The fraction of sp³-hybridized carbons (Fsp3) is 0.462. The van der Waals surface area contributed by atoms with Crippen LogP contribution in [0.25, 0.3) is 0 Å². The molecule has 0 aliphatic carbocycles. The highest BCUT2D eigenvalue weighted by Crippen LogP contribution is 2.13. The Kier molecular flexibility index (Phi) is 4.40. The molecule has 0 saturated carbocycles. The van der Waals surface area contributed by atoms with E-state index in [1.807, 2.05) is 23.1 Å². The van der Waals surface area contributed by atoms with Gasteiger partial charge in [0.15, 0.2) is 0 Å². The molecule has 2 rings (SSSR count). The van der Waals surface area contributed by atoms with E-state index < -0.39 is 0 Å². The second-order valence-corrected chi connectivity index (χ2v) is 4.41. The molecule has 1 saturated heterocycles. The van der Waals surface area contributed by atoms with E-state index in [2.05, 4.69) is 12.1 Å². The molecule has 0 radical (unpaired) electrons. The van der Waals surface area contributed by atoms with Crippen molar-refractivity contribution >= 4 is 17.5 Å². The number of halogens is 1. The first-order chi connectivity index (χ1) is 8.31. The molecule has 1 fully saturated rings. The molecule has 1 amide bonds. The van der Waals surface area contributed by atoms with E-state index in [1.165, 1.54) is 5.56 Å². The van der Waals surface area contributed by atoms with Crippen LogP contribution in [0.4, 0.5) is 0 Å². The summed E-state index contributed by atoms with van der Waals surface area (Å²) in [7, 11) is 0. The highest BCUT2D eigenvalue weighted by molar-refractivity contribution is 6.27. The Bertz CT molecular complexity index is 369. The van der Waals surface area contributed by atoms with Crippen molar-refractivity contribution in [3.05, 3.63) is 35.9 Å². The van der Waals surface area contributed by atoms with Crippen LogP contribution in [0.15, 0.2) is 30.3 Å². The zero-order valence-electron chi connectivity index (χ0n) is 9.64. The summed E-state index contributed by atoms with van der Waals surface area (Å²) in [5.74, 6) is 0.0431. The van der Waals surface area contributed by atoms with E-state index in [-0.39, 0.29) is 17.8 Å². The summed E-state index contributed by atoms with van der Waals surface area (Å²) in [6.45, 7) is 1.84. The largest absolute Gasteiger partial charge is 0.377 e. The third-order valence-electron chi connectivity index (χ3n) is 2.98. The molecular weight excluding hydrogens is 238 g/mol. The lowest BCUT2D eigenvalue weighted by Gasteiger charge is -2.35. The van der Waals surface area contributed by atoms with Crippen LogP contribution in [0.5, 0.6) is 0 Å². The number of benzene rings is 1. The number of hydrogen-bond acceptors (Lipinski definition) is 2. The van der Waals surface area contributed by atoms with Crippen molar-refractivity contribution in [2.24, 2.45) is 0 Å². The Morgan fingerprint density at radius 1 is 1.41 bits per heavy atom. The van der Waals surface area contributed by atoms with Gasteiger partial charge in [0.25, 0.3) is 0 Å². The minimum Gasteiger partial charge on any atom is -0.377 e.